The number of nitrogens with zero attached hydrogens (tertiary/aromatic N) is 2. The largest absolute Gasteiger partial charge is 0.394 e. The molecular weight excluding hydrogens is 318 g/mol. The number of anilines is 1. The Balaban J connectivity index is 1.65. The molecular formula is C19H25N3O3. The Morgan fingerprint density at radius 3 is 2.72 bits per heavy atom. The van der Waals surface area contributed by atoms with Crippen LogP contribution in [0.25, 0.3) is 0 Å². The molecule has 2 fully saturated rings. The Kier molecular flexibility index (Phi) is 4.15. The summed E-state index contributed by atoms with van der Waals surface area (Å²) >= 11 is 0. The normalized spacial score (nSPS) is 27.2. The van der Waals surface area contributed by atoms with Crippen molar-refractivity contribution >= 4 is 17.6 Å². The van der Waals surface area contributed by atoms with Gasteiger partial charge in [-0.15, -0.1) is 0 Å². The van der Waals surface area contributed by atoms with E-state index in [-0.39, 0.29) is 42.5 Å². The summed E-state index contributed by atoms with van der Waals surface area (Å²) in [5.41, 5.74) is 2.03. The number of rotatable bonds is 4. The zero-order valence-electron chi connectivity index (χ0n) is 14.5. The molecule has 1 aromatic rings. The molecule has 1 aliphatic carbocycles. The van der Waals surface area contributed by atoms with Crippen molar-refractivity contribution in [3.8, 4) is 0 Å². The molecule has 0 spiro atoms. The highest BCUT2D eigenvalue weighted by Crippen LogP contribution is 2.49. The summed E-state index contributed by atoms with van der Waals surface area (Å²) in [4.78, 5) is 28.9. The van der Waals surface area contributed by atoms with E-state index in [9.17, 15) is 14.7 Å². The van der Waals surface area contributed by atoms with Crippen LogP contribution in [0.3, 0.4) is 0 Å². The molecule has 0 aromatic heterocycles. The topological polar surface area (TPSA) is 72.9 Å². The molecule has 6 nitrogen and oxygen atoms in total. The number of likely N-dealkylation sites (tertiary alicyclic amines) is 1. The van der Waals surface area contributed by atoms with Gasteiger partial charge in [-0.05, 0) is 30.9 Å². The van der Waals surface area contributed by atoms with Gasteiger partial charge in [-0.3, -0.25) is 4.79 Å². The molecule has 134 valence electrons. The number of para-hydroxylation sites is 1. The van der Waals surface area contributed by atoms with E-state index in [4.69, 9.17) is 0 Å². The first-order chi connectivity index (χ1) is 12.2. The van der Waals surface area contributed by atoms with Crippen molar-refractivity contribution in [2.45, 2.75) is 44.2 Å². The lowest BCUT2D eigenvalue weighted by molar-refractivity contribution is -0.120. The number of urea groups is 1. The average molecular weight is 343 g/mol. The Morgan fingerprint density at radius 1 is 1.28 bits per heavy atom. The summed E-state index contributed by atoms with van der Waals surface area (Å²) in [7, 11) is 0. The van der Waals surface area contributed by atoms with Crippen LogP contribution in [0.2, 0.25) is 0 Å². The van der Waals surface area contributed by atoms with Gasteiger partial charge in [0.15, 0.2) is 0 Å². The van der Waals surface area contributed by atoms with E-state index >= 15 is 0 Å². The lowest BCUT2D eigenvalue weighted by Gasteiger charge is -2.58. The minimum absolute atomic E-state index is 0.0633. The van der Waals surface area contributed by atoms with Crippen LogP contribution in [0, 0.1) is 5.92 Å². The number of nitrogens with one attached hydrogen (secondary N) is 1. The summed E-state index contributed by atoms with van der Waals surface area (Å²) < 4.78 is 0. The van der Waals surface area contributed by atoms with Crippen LogP contribution >= 0.6 is 0 Å². The number of carbonyl (C=O) groups excluding carboxylic acids is 2. The summed E-state index contributed by atoms with van der Waals surface area (Å²) in [6.07, 6.45) is 2.80. The predicted octanol–water partition coefficient (Wildman–Crippen LogP) is 1.69. The van der Waals surface area contributed by atoms with Crippen molar-refractivity contribution in [2.75, 3.05) is 24.6 Å². The van der Waals surface area contributed by atoms with Crippen molar-refractivity contribution in [2.24, 2.45) is 5.92 Å². The molecule has 2 aliphatic heterocycles. The third kappa shape index (κ3) is 2.59. The summed E-state index contributed by atoms with van der Waals surface area (Å²) in [5.74, 6) is 0.407. The van der Waals surface area contributed by atoms with Gasteiger partial charge in [-0.2, -0.15) is 0 Å². The minimum atomic E-state index is -0.221. The van der Waals surface area contributed by atoms with Gasteiger partial charge in [-0.1, -0.05) is 25.1 Å². The first-order valence-electron chi connectivity index (χ1n) is 9.24. The zero-order valence-corrected chi connectivity index (χ0v) is 14.5. The van der Waals surface area contributed by atoms with Crippen molar-refractivity contribution in [3.05, 3.63) is 29.8 Å². The van der Waals surface area contributed by atoms with E-state index in [0.29, 0.717) is 13.1 Å². The zero-order chi connectivity index (χ0) is 17.6. The Hall–Kier alpha value is -2.08. The molecule has 3 amide bonds. The van der Waals surface area contributed by atoms with Crippen LogP contribution in [0.1, 0.15) is 37.7 Å². The van der Waals surface area contributed by atoms with E-state index in [1.807, 2.05) is 36.1 Å². The van der Waals surface area contributed by atoms with Gasteiger partial charge in [0.25, 0.3) is 0 Å². The predicted molar refractivity (Wildman–Crippen MR) is 94.5 cm³/mol. The van der Waals surface area contributed by atoms with Crippen LogP contribution < -0.4 is 10.2 Å². The molecule has 2 N–H and O–H groups in total. The molecule has 25 heavy (non-hydrogen) atoms. The van der Waals surface area contributed by atoms with Gasteiger partial charge in [-0.25, -0.2) is 4.79 Å². The summed E-state index contributed by atoms with van der Waals surface area (Å²) in [6, 6.07) is 7.51. The van der Waals surface area contributed by atoms with Crippen LogP contribution in [0.15, 0.2) is 24.3 Å². The van der Waals surface area contributed by atoms with Crippen molar-refractivity contribution in [3.63, 3.8) is 0 Å². The number of aliphatic hydroxyl groups excluding tert-OH is 1. The van der Waals surface area contributed by atoms with Crippen molar-refractivity contribution in [1.82, 2.24) is 10.2 Å². The molecule has 0 unspecified atom stereocenters. The number of hydrogen-bond donors (Lipinski definition) is 2. The Labute approximate surface area is 147 Å². The number of carbonyl (C=O) groups is 2. The van der Waals surface area contributed by atoms with Crippen LogP contribution in [0.4, 0.5) is 10.5 Å². The van der Waals surface area contributed by atoms with Gasteiger partial charge in [0.2, 0.25) is 5.91 Å². The number of hydrogen-bond acceptors (Lipinski definition) is 3. The second-order valence-electron chi connectivity index (χ2n) is 7.26. The van der Waals surface area contributed by atoms with Crippen LogP contribution in [0.5, 0.6) is 0 Å². The standard InChI is InChI=1S/C19H25N3O3/c1-2-9-20-19(25)22-15-10-21(18(24)12-7-8-12)14-6-4-3-5-13(14)17(15)16(22)11-23/h3-6,12,15-17,23H,2,7-11H2,1H3,(H,20,25)/t15-,16+,17+/m0/s1. The minimum Gasteiger partial charge on any atom is -0.394 e. The maximum absolute atomic E-state index is 12.8. The van der Waals surface area contributed by atoms with E-state index in [0.717, 1.165) is 30.5 Å². The van der Waals surface area contributed by atoms with Gasteiger partial charge >= 0.3 is 6.03 Å². The fraction of sp³-hybridized carbons (Fsp3) is 0.579. The third-order valence-corrected chi connectivity index (χ3v) is 5.64. The number of aliphatic hydroxyl groups is 1. The number of fused-ring (bicyclic) bond motifs is 3. The second kappa shape index (κ2) is 6.33. The van der Waals surface area contributed by atoms with Crippen LogP contribution in [-0.4, -0.2) is 53.7 Å². The van der Waals surface area contributed by atoms with Crippen molar-refractivity contribution < 1.29 is 14.7 Å². The van der Waals surface area contributed by atoms with Crippen molar-refractivity contribution in [1.29, 1.82) is 0 Å². The molecule has 3 aliphatic rings. The fourth-order valence-corrected chi connectivity index (χ4v) is 4.25. The Bertz CT molecular complexity index is 688. The second-order valence-corrected chi connectivity index (χ2v) is 7.26. The average Bonchev–Trinajstić information content (AvgIpc) is 3.45. The molecule has 6 heteroatoms. The number of amides is 3. The molecule has 0 radical (unpaired) electrons. The summed E-state index contributed by atoms with van der Waals surface area (Å²) in [5, 5.41) is 12.8. The quantitative estimate of drug-likeness (QED) is 0.874. The lowest BCUT2D eigenvalue weighted by Crippen LogP contribution is -2.72. The molecule has 0 bridgehead atoms. The molecule has 1 saturated heterocycles. The van der Waals surface area contributed by atoms with E-state index in [1.54, 1.807) is 4.90 Å². The van der Waals surface area contributed by atoms with Crippen LogP contribution in [-0.2, 0) is 4.79 Å². The Morgan fingerprint density at radius 2 is 2.04 bits per heavy atom. The van der Waals surface area contributed by atoms with Gasteiger partial charge in [0, 0.05) is 30.6 Å². The van der Waals surface area contributed by atoms with Gasteiger partial charge in [0.1, 0.15) is 0 Å². The molecule has 2 heterocycles. The SMILES string of the molecule is CCCNC(=O)N1[C@H](CO)[C@@H]2c3ccccc3N(C(=O)C3CC3)C[C@@H]21. The monoisotopic (exact) mass is 343 g/mol. The van der Waals surface area contributed by atoms with Gasteiger partial charge in [0.05, 0.1) is 18.7 Å². The summed E-state index contributed by atoms with van der Waals surface area (Å²) in [6.45, 7) is 3.08. The fourth-order valence-electron chi connectivity index (χ4n) is 4.25. The smallest absolute Gasteiger partial charge is 0.318 e. The van der Waals surface area contributed by atoms with E-state index < -0.39 is 0 Å². The van der Waals surface area contributed by atoms with Gasteiger partial charge < -0.3 is 20.2 Å². The lowest BCUT2D eigenvalue weighted by atomic mass is 9.72. The first kappa shape index (κ1) is 16.4. The highest BCUT2D eigenvalue weighted by molar-refractivity contribution is 5.98. The molecule has 1 aromatic carbocycles. The molecule has 3 atom stereocenters. The molecule has 4 rings (SSSR count). The highest BCUT2D eigenvalue weighted by Gasteiger charge is 2.55. The first-order valence-corrected chi connectivity index (χ1v) is 9.24. The highest BCUT2D eigenvalue weighted by atomic mass is 16.3. The third-order valence-electron chi connectivity index (χ3n) is 5.64. The van der Waals surface area contributed by atoms with E-state index in [1.165, 1.54) is 0 Å². The maximum atomic E-state index is 12.8. The van der Waals surface area contributed by atoms with E-state index in [2.05, 4.69) is 5.32 Å². The molecule has 1 saturated carbocycles. The maximum Gasteiger partial charge on any atom is 0.318 e. The number of benzene rings is 1.